The molecule has 1 aromatic heterocycles. The van der Waals surface area contributed by atoms with E-state index < -0.39 is 5.82 Å². The van der Waals surface area contributed by atoms with Gasteiger partial charge in [-0.2, -0.15) is 5.26 Å². The molecule has 2 heterocycles. The van der Waals surface area contributed by atoms with E-state index in [1.807, 2.05) is 12.1 Å². The number of benzene rings is 2. The zero-order chi connectivity index (χ0) is 23.5. The van der Waals surface area contributed by atoms with E-state index in [1.54, 1.807) is 11.0 Å². The first-order chi connectivity index (χ1) is 15.9. The van der Waals surface area contributed by atoms with Gasteiger partial charge in [-0.1, -0.05) is 18.2 Å². The zero-order valence-corrected chi connectivity index (χ0v) is 19.8. The molecule has 0 unspecified atom stereocenters. The molecule has 0 spiro atoms. The Balaban J connectivity index is 1.65. The van der Waals surface area contributed by atoms with Crippen molar-refractivity contribution < 1.29 is 13.9 Å². The minimum absolute atomic E-state index is 0.0232. The molecule has 4 rings (SSSR count). The summed E-state index contributed by atoms with van der Waals surface area (Å²) < 4.78 is 20.6. The number of hydrogen-bond donors (Lipinski definition) is 1. The van der Waals surface area contributed by atoms with E-state index in [4.69, 9.17) is 16.3 Å². The van der Waals surface area contributed by atoms with Gasteiger partial charge in [0.2, 0.25) is 5.91 Å². The number of halogens is 3. The Labute approximate surface area is 203 Å². The van der Waals surface area contributed by atoms with Gasteiger partial charge < -0.3 is 15.0 Å². The molecular weight excluding hydrogens is 511 g/mol. The summed E-state index contributed by atoms with van der Waals surface area (Å²) in [5.41, 5.74) is 2.03. The average Bonchev–Trinajstić information content (AvgIpc) is 2.82. The highest BCUT2D eigenvalue weighted by Gasteiger charge is 2.24. The van der Waals surface area contributed by atoms with Crippen molar-refractivity contribution in [1.82, 2.24) is 9.88 Å². The lowest BCUT2D eigenvalue weighted by Gasteiger charge is -2.31. The highest BCUT2D eigenvalue weighted by atomic mass is 79.9. The Morgan fingerprint density at radius 3 is 2.79 bits per heavy atom. The van der Waals surface area contributed by atoms with Crippen molar-refractivity contribution in [1.29, 1.82) is 5.26 Å². The zero-order valence-electron chi connectivity index (χ0n) is 17.4. The van der Waals surface area contributed by atoms with Gasteiger partial charge >= 0.3 is 0 Å². The number of fused-ring (bicyclic) bond motifs is 1. The van der Waals surface area contributed by atoms with Gasteiger partial charge in [0.1, 0.15) is 23.7 Å². The number of ether oxygens (including phenoxy) is 1. The third-order valence-electron chi connectivity index (χ3n) is 5.45. The number of pyridine rings is 1. The fourth-order valence-electron chi connectivity index (χ4n) is 3.72. The third-order valence-corrected chi connectivity index (χ3v) is 6.36. The summed E-state index contributed by atoms with van der Waals surface area (Å²) >= 11 is 9.46. The number of carbonyl (C=O) groups excluding carboxylic acids is 1. The van der Waals surface area contributed by atoms with Crippen LogP contribution >= 0.6 is 27.5 Å². The lowest BCUT2D eigenvalue weighted by atomic mass is 10.1. The molecule has 2 aromatic carbocycles. The Morgan fingerprint density at radius 1 is 1.36 bits per heavy atom. The largest absolute Gasteiger partial charge is 0.489 e. The summed E-state index contributed by atoms with van der Waals surface area (Å²) in [7, 11) is 0. The molecule has 1 N–H and O–H groups in total. The molecule has 33 heavy (non-hydrogen) atoms. The van der Waals surface area contributed by atoms with Crippen LogP contribution in [0.2, 0.25) is 5.02 Å². The van der Waals surface area contributed by atoms with E-state index in [-0.39, 0.29) is 17.0 Å². The Hall–Kier alpha value is -3.15. The van der Waals surface area contributed by atoms with Gasteiger partial charge in [-0.3, -0.25) is 9.78 Å². The molecule has 0 aliphatic carbocycles. The van der Waals surface area contributed by atoms with Crippen molar-refractivity contribution in [2.45, 2.75) is 18.9 Å². The summed E-state index contributed by atoms with van der Waals surface area (Å²) in [5.74, 6) is 0.00268. The van der Waals surface area contributed by atoms with Gasteiger partial charge in [0.25, 0.3) is 0 Å². The lowest BCUT2D eigenvalue weighted by Crippen LogP contribution is -2.41. The molecule has 0 atom stereocenters. The summed E-state index contributed by atoms with van der Waals surface area (Å²) in [6.45, 7) is 4.73. The second-order valence-corrected chi connectivity index (χ2v) is 8.82. The van der Waals surface area contributed by atoms with E-state index >= 15 is 0 Å². The van der Waals surface area contributed by atoms with Crippen molar-refractivity contribution in [2.24, 2.45) is 0 Å². The maximum absolute atomic E-state index is 13.6. The second kappa shape index (κ2) is 9.77. The van der Waals surface area contributed by atoms with Gasteiger partial charge in [-0.25, -0.2) is 4.39 Å². The highest BCUT2D eigenvalue weighted by Crippen LogP contribution is 2.37. The monoisotopic (exact) mass is 528 g/mol. The first-order valence-electron chi connectivity index (χ1n) is 10.2. The van der Waals surface area contributed by atoms with Crippen molar-refractivity contribution in [3.63, 3.8) is 0 Å². The summed E-state index contributed by atoms with van der Waals surface area (Å²) in [6.07, 6.45) is 4.13. The van der Waals surface area contributed by atoms with Crippen molar-refractivity contribution in [2.75, 3.05) is 18.4 Å². The molecule has 0 radical (unpaired) electrons. The number of likely N-dealkylation sites (tertiary alicyclic amines) is 1. The van der Waals surface area contributed by atoms with Crippen LogP contribution in [0.4, 0.5) is 15.8 Å². The normalized spacial score (nSPS) is 14.1. The van der Waals surface area contributed by atoms with E-state index in [9.17, 15) is 14.4 Å². The molecule has 0 bridgehead atoms. The second-order valence-electron chi connectivity index (χ2n) is 7.56. The summed E-state index contributed by atoms with van der Waals surface area (Å²) in [6, 6.07) is 10.0. The fraction of sp³-hybridized carbons (Fsp3) is 0.208. The van der Waals surface area contributed by atoms with Gasteiger partial charge in [0.15, 0.2) is 0 Å². The van der Waals surface area contributed by atoms with Crippen LogP contribution in [0.5, 0.6) is 5.75 Å². The van der Waals surface area contributed by atoms with Gasteiger partial charge in [0.05, 0.1) is 26.3 Å². The smallest absolute Gasteiger partial charge is 0.245 e. The van der Waals surface area contributed by atoms with Crippen LogP contribution in [0, 0.1) is 17.1 Å². The van der Waals surface area contributed by atoms with Crippen molar-refractivity contribution in [3.05, 3.63) is 70.1 Å². The number of nitrogens with zero attached hydrogens (tertiary/aromatic N) is 3. The predicted octanol–water partition coefficient (Wildman–Crippen LogP) is 5.96. The van der Waals surface area contributed by atoms with Crippen LogP contribution in [0.25, 0.3) is 10.9 Å². The van der Waals surface area contributed by atoms with E-state index in [0.29, 0.717) is 59.5 Å². The number of rotatable bonds is 5. The predicted molar refractivity (Wildman–Crippen MR) is 129 cm³/mol. The van der Waals surface area contributed by atoms with Gasteiger partial charge in [-0.05, 0) is 52.3 Å². The number of amides is 1. The molecule has 9 heteroatoms. The maximum Gasteiger partial charge on any atom is 0.245 e. The summed E-state index contributed by atoms with van der Waals surface area (Å²) in [4.78, 5) is 17.9. The Morgan fingerprint density at radius 2 is 2.12 bits per heavy atom. The number of anilines is 2. The third kappa shape index (κ3) is 4.95. The fourth-order valence-corrected chi connectivity index (χ4v) is 4.33. The van der Waals surface area contributed by atoms with Crippen LogP contribution in [-0.2, 0) is 4.79 Å². The first kappa shape index (κ1) is 23.0. The molecule has 1 aliphatic heterocycles. The number of hydrogen-bond acceptors (Lipinski definition) is 5. The minimum Gasteiger partial charge on any atom is -0.489 e. The van der Waals surface area contributed by atoms with Crippen molar-refractivity contribution in [3.8, 4) is 11.8 Å². The molecular formula is C24H19BrClFN4O2. The van der Waals surface area contributed by atoms with Crippen LogP contribution in [0.1, 0.15) is 18.4 Å². The number of carbonyl (C=O) groups is 1. The summed E-state index contributed by atoms with van der Waals surface area (Å²) in [5, 5.41) is 13.5. The molecule has 0 saturated carbocycles. The highest BCUT2D eigenvalue weighted by molar-refractivity contribution is 9.10. The number of piperidine rings is 1. The molecule has 6 nitrogen and oxygen atoms in total. The Kier molecular flexibility index (Phi) is 6.82. The average molecular weight is 530 g/mol. The molecule has 168 valence electrons. The first-order valence-corrected chi connectivity index (χ1v) is 11.4. The number of nitrogens with one attached hydrogen (secondary N) is 1. The quantitative estimate of drug-likeness (QED) is 0.413. The maximum atomic E-state index is 13.6. The van der Waals surface area contributed by atoms with Crippen molar-refractivity contribution >= 4 is 55.7 Å². The SMILES string of the molecule is C=CC(=O)N1CCC(Oc2cc3c(Nc4ccc(F)c(Cl)c4)c(C#N)cnc3cc2Br)CC1. The van der Waals surface area contributed by atoms with E-state index in [2.05, 4.69) is 38.9 Å². The van der Waals surface area contributed by atoms with Gasteiger partial charge in [-0.15, -0.1) is 0 Å². The topological polar surface area (TPSA) is 78.2 Å². The van der Waals surface area contributed by atoms with Crippen LogP contribution in [0.15, 0.2) is 53.7 Å². The van der Waals surface area contributed by atoms with E-state index in [1.165, 1.54) is 24.4 Å². The molecule has 1 amide bonds. The molecule has 3 aromatic rings. The Bertz CT molecular complexity index is 1290. The van der Waals surface area contributed by atoms with Gasteiger partial charge in [0, 0.05) is 43.2 Å². The minimum atomic E-state index is -0.525. The van der Waals surface area contributed by atoms with Crippen LogP contribution < -0.4 is 10.1 Å². The standard InChI is InChI=1S/C24H19BrClFN4O2/c1-2-23(32)31-7-5-16(6-8-31)33-22-10-17-21(11-18(22)25)29-13-14(12-28)24(17)30-15-3-4-20(27)19(26)9-15/h2-4,9-11,13,16H,1,5-8H2,(H,29,30). The molecule has 1 saturated heterocycles. The number of aromatic nitrogens is 1. The lowest BCUT2D eigenvalue weighted by molar-refractivity contribution is -0.127. The molecule has 1 aliphatic rings. The number of nitriles is 1. The molecule has 1 fully saturated rings. The van der Waals surface area contributed by atoms with E-state index in [0.717, 1.165) is 4.47 Å². The van der Waals surface area contributed by atoms with Crippen LogP contribution in [-0.4, -0.2) is 35.0 Å². The van der Waals surface area contributed by atoms with Crippen LogP contribution in [0.3, 0.4) is 0 Å².